The molecule has 3 fully saturated rings. The average molecular weight is 208 g/mol. The summed E-state index contributed by atoms with van der Waals surface area (Å²) in [5, 5.41) is 3.37. The Morgan fingerprint density at radius 2 is 1.93 bits per heavy atom. The van der Waals surface area contributed by atoms with Crippen LogP contribution in [0.4, 0.5) is 0 Å². The van der Waals surface area contributed by atoms with Crippen molar-refractivity contribution in [3.63, 3.8) is 0 Å². The van der Waals surface area contributed by atoms with Gasteiger partial charge >= 0.3 is 0 Å². The number of nitrogens with one attached hydrogen (secondary N) is 1. The smallest absolute Gasteiger partial charge is 0.223 e. The topological polar surface area (TPSA) is 32.3 Å². The normalized spacial score (nSPS) is 30.5. The summed E-state index contributed by atoms with van der Waals surface area (Å²) in [6.07, 6.45) is 7.04. The van der Waals surface area contributed by atoms with Crippen molar-refractivity contribution in [1.29, 1.82) is 0 Å². The van der Waals surface area contributed by atoms with Crippen molar-refractivity contribution < 1.29 is 4.79 Å². The first-order valence-electron chi connectivity index (χ1n) is 6.36. The first-order chi connectivity index (χ1) is 7.34. The van der Waals surface area contributed by atoms with Crippen LogP contribution in [0.2, 0.25) is 0 Å². The summed E-state index contributed by atoms with van der Waals surface area (Å²) >= 11 is 0. The lowest BCUT2D eigenvalue weighted by Gasteiger charge is -2.28. The zero-order valence-electron chi connectivity index (χ0n) is 9.24. The minimum Gasteiger partial charge on any atom is -0.335 e. The Labute approximate surface area is 91.2 Å². The van der Waals surface area contributed by atoms with Crippen LogP contribution in [-0.4, -0.2) is 36.0 Å². The summed E-state index contributed by atoms with van der Waals surface area (Å²) < 4.78 is 0. The Kier molecular flexibility index (Phi) is 2.43. The summed E-state index contributed by atoms with van der Waals surface area (Å²) in [4.78, 5) is 14.4. The number of rotatable bonds is 4. The van der Waals surface area contributed by atoms with Crippen LogP contribution in [0.1, 0.15) is 38.5 Å². The van der Waals surface area contributed by atoms with E-state index in [-0.39, 0.29) is 0 Å². The maximum Gasteiger partial charge on any atom is 0.223 e. The number of carbonyl (C=O) groups excluding carboxylic acids is 1. The summed E-state index contributed by atoms with van der Waals surface area (Å²) in [6, 6.07) is 1.10. The molecule has 0 aromatic heterocycles. The van der Waals surface area contributed by atoms with Gasteiger partial charge in [0.2, 0.25) is 5.91 Å². The Morgan fingerprint density at radius 3 is 2.47 bits per heavy atom. The molecule has 0 radical (unpaired) electrons. The highest BCUT2D eigenvalue weighted by Gasteiger charge is 2.39. The number of amides is 1. The summed E-state index contributed by atoms with van der Waals surface area (Å²) in [6.45, 7) is 2.11. The summed E-state index contributed by atoms with van der Waals surface area (Å²) in [5.41, 5.74) is 0. The van der Waals surface area contributed by atoms with Crippen molar-refractivity contribution in [3.8, 4) is 0 Å². The molecule has 0 bridgehead atoms. The summed E-state index contributed by atoms with van der Waals surface area (Å²) in [7, 11) is 0. The molecule has 0 aromatic rings. The van der Waals surface area contributed by atoms with E-state index in [0.717, 1.165) is 31.8 Å². The summed E-state index contributed by atoms with van der Waals surface area (Å²) in [5.74, 6) is 1.17. The molecule has 0 spiro atoms. The molecule has 84 valence electrons. The molecule has 0 aromatic carbocycles. The number of carbonyl (C=O) groups is 1. The third kappa shape index (κ3) is 2.17. The fourth-order valence-electron chi connectivity index (χ4n) is 2.61. The van der Waals surface area contributed by atoms with E-state index in [1.807, 2.05) is 0 Å². The molecule has 1 amide bonds. The second kappa shape index (κ2) is 3.78. The Bertz CT molecular complexity index is 252. The minimum atomic E-state index is 0.439. The first kappa shape index (κ1) is 9.64. The van der Waals surface area contributed by atoms with E-state index in [4.69, 9.17) is 0 Å². The van der Waals surface area contributed by atoms with Gasteiger partial charge in [0.15, 0.2) is 0 Å². The van der Waals surface area contributed by atoms with E-state index in [9.17, 15) is 4.79 Å². The molecule has 3 aliphatic rings. The van der Waals surface area contributed by atoms with Gasteiger partial charge in [-0.3, -0.25) is 4.79 Å². The van der Waals surface area contributed by atoms with Crippen LogP contribution in [0.15, 0.2) is 0 Å². The Hall–Kier alpha value is -0.570. The van der Waals surface area contributed by atoms with Crippen LogP contribution < -0.4 is 5.32 Å². The van der Waals surface area contributed by atoms with Crippen LogP contribution in [0.5, 0.6) is 0 Å². The van der Waals surface area contributed by atoms with Gasteiger partial charge in [-0.2, -0.15) is 0 Å². The number of nitrogens with zero attached hydrogens (tertiary/aromatic N) is 1. The van der Waals surface area contributed by atoms with Gasteiger partial charge in [-0.05, 0) is 44.6 Å². The molecule has 3 rings (SSSR count). The van der Waals surface area contributed by atoms with Crippen molar-refractivity contribution in [2.24, 2.45) is 5.92 Å². The van der Waals surface area contributed by atoms with Gasteiger partial charge in [0, 0.05) is 25.0 Å². The van der Waals surface area contributed by atoms with Gasteiger partial charge in [-0.1, -0.05) is 0 Å². The molecule has 1 aliphatic heterocycles. The van der Waals surface area contributed by atoms with E-state index >= 15 is 0 Å². The highest BCUT2D eigenvalue weighted by molar-refractivity contribution is 5.78. The van der Waals surface area contributed by atoms with Crippen molar-refractivity contribution in [1.82, 2.24) is 10.2 Å². The van der Waals surface area contributed by atoms with E-state index < -0.39 is 0 Å². The van der Waals surface area contributed by atoms with Crippen LogP contribution in [-0.2, 0) is 4.79 Å². The second-order valence-corrected chi connectivity index (χ2v) is 5.33. The third-order valence-electron chi connectivity index (χ3n) is 3.82. The third-order valence-corrected chi connectivity index (χ3v) is 3.82. The lowest BCUT2D eigenvalue weighted by Crippen LogP contribution is -2.43. The monoisotopic (exact) mass is 208 g/mol. The largest absolute Gasteiger partial charge is 0.335 e. The fraction of sp³-hybridized carbons (Fsp3) is 0.917. The number of hydrogen-bond acceptors (Lipinski definition) is 2. The molecule has 1 heterocycles. The van der Waals surface area contributed by atoms with Crippen molar-refractivity contribution in [2.45, 2.75) is 50.6 Å². The van der Waals surface area contributed by atoms with E-state index in [1.165, 1.54) is 25.7 Å². The van der Waals surface area contributed by atoms with E-state index in [1.54, 1.807) is 0 Å². The van der Waals surface area contributed by atoms with Gasteiger partial charge in [0.1, 0.15) is 0 Å². The molecule has 2 saturated carbocycles. The van der Waals surface area contributed by atoms with Gasteiger partial charge in [-0.15, -0.1) is 0 Å². The molecule has 1 atom stereocenters. The average Bonchev–Trinajstić information content (AvgIpc) is 3.11. The van der Waals surface area contributed by atoms with Gasteiger partial charge in [-0.25, -0.2) is 0 Å². The standard InChI is InChI=1S/C12H20N2O/c15-12(7-9-1-2-9)14(10-3-4-10)11-5-6-13-8-11/h9-11,13H,1-8H2. The van der Waals surface area contributed by atoms with Gasteiger partial charge < -0.3 is 10.2 Å². The highest BCUT2D eigenvalue weighted by atomic mass is 16.2. The maximum atomic E-state index is 12.2. The lowest BCUT2D eigenvalue weighted by atomic mass is 10.1. The zero-order chi connectivity index (χ0) is 10.3. The van der Waals surface area contributed by atoms with Crippen LogP contribution in [0.25, 0.3) is 0 Å². The molecule has 1 saturated heterocycles. The minimum absolute atomic E-state index is 0.439. The van der Waals surface area contributed by atoms with Gasteiger partial charge in [0.05, 0.1) is 0 Å². The van der Waals surface area contributed by atoms with Crippen LogP contribution in [0, 0.1) is 5.92 Å². The SMILES string of the molecule is O=C(CC1CC1)N(C1CC1)C1CCNC1. The highest BCUT2D eigenvalue weighted by Crippen LogP contribution is 2.36. The predicted molar refractivity (Wildman–Crippen MR) is 58.5 cm³/mol. The molecule has 3 heteroatoms. The van der Waals surface area contributed by atoms with Crippen molar-refractivity contribution in [2.75, 3.05) is 13.1 Å². The quantitative estimate of drug-likeness (QED) is 0.751. The molecule has 3 nitrogen and oxygen atoms in total. The van der Waals surface area contributed by atoms with Crippen molar-refractivity contribution >= 4 is 5.91 Å². The van der Waals surface area contributed by atoms with Crippen molar-refractivity contribution in [3.05, 3.63) is 0 Å². The maximum absolute atomic E-state index is 12.2. The molecular weight excluding hydrogens is 188 g/mol. The van der Waals surface area contributed by atoms with Gasteiger partial charge in [0.25, 0.3) is 0 Å². The lowest BCUT2D eigenvalue weighted by molar-refractivity contribution is -0.134. The molecular formula is C12H20N2O. The van der Waals surface area contributed by atoms with E-state index in [0.29, 0.717) is 18.0 Å². The fourth-order valence-corrected chi connectivity index (χ4v) is 2.61. The molecule has 2 aliphatic carbocycles. The second-order valence-electron chi connectivity index (χ2n) is 5.33. The molecule has 15 heavy (non-hydrogen) atoms. The molecule has 1 N–H and O–H groups in total. The Balaban J connectivity index is 1.62. The number of hydrogen-bond donors (Lipinski definition) is 1. The van der Waals surface area contributed by atoms with Crippen LogP contribution in [0.3, 0.4) is 0 Å². The van der Waals surface area contributed by atoms with Crippen LogP contribution >= 0.6 is 0 Å². The first-order valence-corrected chi connectivity index (χ1v) is 6.36. The van der Waals surface area contributed by atoms with E-state index in [2.05, 4.69) is 10.2 Å². The molecule has 1 unspecified atom stereocenters. The predicted octanol–water partition coefficient (Wildman–Crippen LogP) is 1.14. The Morgan fingerprint density at radius 1 is 1.13 bits per heavy atom. The zero-order valence-corrected chi connectivity index (χ0v) is 9.24.